The predicted octanol–water partition coefficient (Wildman–Crippen LogP) is 3.58. The number of nitrogens with one attached hydrogen (secondary N) is 1. The highest BCUT2D eigenvalue weighted by Gasteiger charge is 2.28. The summed E-state index contributed by atoms with van der Waals surface area (Å²) in [6.45, 7) is 5.27. The van der Waals surface area contributed by atoms with E-state index in [9.17, 15) is 0 Å². The van der Waals surface area contributed by atoms with E-state index >= 15 is 0 Å². The Balaban J connectivity index is 1.32. The van der Waals surface area contributed by atoms with Crippen LogP contribution >= 0.6 is 0 Å². The van der Waals surface area contributed by atoms with Gasteiger partial charge in [-0.05, 0) is 36.0 Å². The summed E-state index contributed by atoms with van der Waals surface area (Å²) in [5.41, 5.74) is 3.56. The fourth-order valence-electron chi connectivity index (χ4n) is 4.28. The molecule has 28 heavy (non-hydrogen) atoms. The van der Waals surface area contributed by atoms with Gasteiger partial charge in [-0.25, -0.2) is 4.98 Å². The third-order valence-corrected chi connectivity index (χ3v) is 5.72. The fraction of sp³-hybridized carbons (Fsp3) is 0.391. The van der Waals surface area contributed by atoms with E-state index in [0.717, 1.165) is 49.8 Å². The maximum atomic E-state index is 4.67. The molecule has 1 fully saturated rings. The van der Waals surface area contributed by atoms with Gasteiger partial charge >= 0.3 is 0 Å². The Labute approximate surface area is 167 Å². The van der Waals surface area contributed by atoms with Crippen LogP contribution in [-0.2, 0) is 6.42 Å². The number of hydrogen-bond acceptors (Lipinski definition) is 2. The zero-order chi connectivity index (χ0) is 19.3. The molecule has 2 aromatic heterocycles. The van der Waals surface area contributed by atoms with Gasteiger partial charge in [-0.15, -0.1) is 0 Å². The van der Waals surface area contributed by atoms with E-state index in [-0.39, 0.29) is 0 Å². The van der Waals surface area contributed by atoms with E-state index in [1.165, 1.54) is 5.56 Å². The summed E-state index contributed by atoms with van der Waals surface area (Å²) in [5, 5.41) is 3.53. The van der Waals surface area contributed by atoms with Crippen molar-refractivity contribution >= 4 is 11.6 Å². The van der Waals surface area contributed by atoms with Gasteiger partial charge in [0, 0.05) is 45.5 Å². The van der Waals surface area contributed by atoms with Gasteiger partial charge < -0.3 is 14.6 Å². The summed E-state index contributed by atoms with van der Waals surface area (Å²) in [6.07, 6.45) is 6.19. The van der Waals surface area contributed by atoms with Gasteiger partial charge in [0.15, 0.2) is 5.96 Å². The highest BCUT2D eigenvalue weighted by molar-refractivity contribution is 5.80. The smallest absolute Gasteiger partial charge is 0.193 e. The average molecular weight is 376 g/mol. The van der Waals surface area contributed by atoms with E-state index in [0.29, 0.717) is 11.8 Å². The van der Waals surface area contributed by atoms with Gasteiger partial charge in [-0.1, -0.05) is 43.3 Å². The largest absolute Gasteiger partial charge is 0.356 e. The van der Waals surface area contributed by atoms with E-state index < -0.39 is 0 Å². The molecular formula is C23H29N5. The molecule has 1 aromatic carbocycles. The standard InChI is InChI=1S/C23H29N5/c1-18-16-28(15-12-21(18)19-8-4-3-5-9-19)23(24-2)25-13-11-20-17-27-14-7-6-10-22(27)26-20/h3-10,14,17-18,21H,11-13,15-16H2,1-2H3,(H,24,25). The Hall–Kier alpha value is -2.82. The minimum Gasteiger partial charge on any atom is -0.356 e. The van der Waals surface area contributed by atoms with Gasteiger partial charge in [-0.2, -0.15) is 0 Å². The summed E-state index contributed by atoms with van der Waals surface area (Å²) in [7, 11) is 1.88. The van der Waals surface area contributed by atoms with Crippen LogP contribution in [0.15, 0.2) is 65.9 Å². The third-order valence-electron chi connectivity index (χ3n) is 5.72. The highest BCUT2D eigenvalue weighted by Crippen LogP contribution is 2.32. The number of imidazole rings is 1. The van der Waals surface area contributed by atoms with Crippen LogP contribution in [-0.4, -0.2) is 46.9 Å². The monoisotopic (exact) mass is 375 g/mol. The van der Waals surface area contributed by atoms with Gasteiger partial charge in [0.2, 0.25) is 0 Å². The third kappa shape index (κ3) is 4.03. The molecule has 1 saturated heterocycles. The lowest BCUT2D eigenvalue weighted by Gasteiger charge is -2.39. The van der Waals surface area contributed by atoms with Crippen LogP contribution in [0, 0.1) is 5.92 Å². The second kappa shape index (κ2) is 8.46. The van der Waals surface area contributed by atoms with Crippen LogP contribution in [0.5, 0.6) is 0 Å². The molecule has 1 aliphatic heterocycles. The van der Waals surface area contributed by atoms with E-state index in [1.807, 2.05) is 31.4 Å². The maximum absolute atomic E-state index is 4.67. The molecule has 0 bridgehead atoms. The Morgan fingerprint density at radius 1 is 1.18 bits per heavy atom. The quantitative estimate of drug-likeness (QED) is 0.560. The number of piperidine rings is 1. The van der Waals surface area contributed by atoms with Crippen LogP contribution < -0.4 is 5.32 Å². The molecule has 146 valence electrons. The Bertz CT molecular complexity index is 897. The normalized spacial score (nSPS) is 20.5. The second-order valence-corrected chi connectivity index (χ2v) is 7.65. The van der Waals surface area contributed by atoms with Crippen molar-refractivity contribution in [1.29, 1.82) is 0 Å². The number of rotatable bonds is 4. The van der Waals surface area contributed by atoms with Crippen molar-refractivity contribution < 1.29 is 0 Å². The van der Waals surface area contributed by atoms with Crippen molar-refractivity contribution in [3.8, 4) is 0 Å². The molecule has 5 nitrogen and oxygen atoms in total. The van der Waals surface area contributed by atoms with E-state index in [1.54, 1.807) is 0 Å². The molecule has 1 N–H and O–H groups in total. The molecule has 3 heterocycles. The van der Waals surface area contributed by atoms with E-state index in [2.05, 4.69) is 68.0 Å². The number of pyridine rings is 1. The van der Waals surface area contributed by atoms with Crippen molar-refractivity contribution in [2.24, 2.45) is 10.9 Å². The number of hydrogen-bond donors (Lipinski definition) is 1. The molecule has 0 aliphatic carbocycles. The highest BCUT2D eigenvalue weighted by atomic mass is 15.3. The second-order valence-electron chi connectivity index (χ2n) is 7.65. The van der Waals surface area contributed by atoms with Crippen LogP contribution in [0.1, 0.15) is 30.5 Å². The van der Waals surface area contributed by atoms with Gasteiger partial charge in [-0.3, -0.25) is 4.99 Å². The first kappa shape index (κ1) is 18.5. The average Bonchev–Trinajstić information content (AvgIpc) is 3.14. The molecule has 0 saturated carbocycles. The summed E-state index contributed by atoms with van der Waals surface area (Å²) >= 11 is 0. The molecule has 3 aromatic rings. The summed E-state index contributed by atoms with van der Waals surface area (Å²) in [6, 6.07) is 17.0. The van der Waals surface area contributed by atoms with Crippen molar-refractivity contribution in [2.45, 2.75) is 25.7 Å². The van der Waals surface area contributed by atoms with Gasteiger partial charge in [0.05, 0.1) is 5.69 Å². The van der Waals surface area contributed by atoms with Crippen molar-refractivity contribution in [2.75, 3.05) is 26.7 Å². The molecular weight excluding hydrogens is 346 g/mol. The minimum absolute atomic E-state index is 0.605. The SMILES string of the molecule is CN=C(NCCc1cn2ccccc2n1)N1CCC(c2ccccc2)C(C)C1. The summed E-state index contributed by atoms with van der Waals surface area (Å²) in [4.78, 5) is 11.6. The lowest BCUT2D eigenvalue weighted by atomic mass is 9.82. The van der Waals surface area contributed by atoms with Crippen LogP contribution in [0.2, 0.25) is 0 Å². The number of aliphatic imine (C=N–C) groups is 1. The maximum Gasteiger partial charge on any atom is 0.193 e. The number of nitrogens with zero attached hydrogens (tertiary/aromatic N) is 4. The Morgan fingerprint density at radius 3 is 2.75 bits per heavy atom. The number of guanidine groups is 1. The number of fused-ring (bicyclic) bond motifs is 1. The van der Waals surface area contributed by atoms with Crippen LogP contribution in [0.3, 0.4) is 0 Å². The molecule has 5 heteroatoms. The number of aromatic nitrogens is 2. The van der Waals surface area contributed by atoms with Crippen LogP contribution in [0.4, 0.5) is 0 Å². The predicted molar refractivity (Wildman–Crippen MR) is 115 cm³/mol. The van der Waals surface area contributed by atoms with Crippen molar-refractivity contribution in [1.82, 2.24) is 19.6 Å². The lowest BCUT2D eigenvalue weighted by molar-refractivity contribution is 0.234. The van der Waals surface area contributed by atoms with Crippen molar-refractivity contribution in [3.05, 3.63) is 72.2 Å². The molecule has 4 rings (SSSR count). The molecule has 1 aliphatic rings. The van der Waals surface area contributed by atoms with Crippen LogP contribution in [0.25, 0.3) is 5.65 Å². The number of benzene rings is 1. The van der Waals surface area contributed by atoms with Crippen molar-refractivity contribution in [3.63, 3.8) is 0 Å². The zero-order valence-electron chi connectivity index (χ0n) is 16.8. The fourth-order valence-corrected chi connectivity index (χ4v) is 4.28. The number of likely N-dealkylation sites (tertiary alicyclic amines) is 1. The van der Waals surface area contributed by atoms with Gasteiger partial charge in [0.25, 0.3) is 0 Å². The first-order valence-corrected chi connectivity index (χ1v) is 10.2. The topological polar surface area (TPSA) is 44.9 Å². The zero-order valence-corrected chi connectivity index (χ0v) is 16.8. The molecule has 2 unspecified atom stereocenters. The first-order chi connectivity index (χ1) is 13.7. The molecule has 0 radical (unpaired) electrons. The van der Waals surface area contributed by atoms with Gasteiger partial charge in [0.1, 0.15) is 5.65 Å². The Morgan fingerprint density at radius 2 is 2.00 bits per heavy atom. The first-order valence-electron chi connectivity index (χ1n) is 10.2. The minimum atomic E-state index is 0.605. The molecule has 2 atom stereocenters. The summed E-state index contributed by atoms with van der Waals surface area (Å²) in [5.74, 6) is 2.24. The Kier molecular flexibility index (Phi) is 5.60. The summed E-state index contributed by atoms with van der Waals surface area (Å²) < 4.78 is 2.07. The molecule has 0 spiro atoms. The van der Waals surface area contributed by atoms with E-state index in [4.69, 9.17) is 0 Å². The lowest BCUT2D eigenvalue weighted by Crippen LogP contribution is -2.48. The molecule has 0 amide bonds.